The Labute approximate surface area is 235 Å². The zero-order valence-corrected chi connectivity index (χ0v) is 23.4. The van der Waals surface area contributed by atoms with Crippen molar-refractivity contribution in [2.24, 2.45) is 0 Å². The summed E-state index contributed by atoms with van der Waals surface area (Å²) in [6, 6.07) is 13.3. The molecule has 0 spiro atoms. The second kappa shape index (κ2) is 12.7. The lowest BCUT2D eigenvalue weighted by atomic mass is 10.1. The van der Waals surface area contributed by atoms with Crippen LogP contribution in [0.2, 0.25) is 0 Å². The smallest absolute Gasteiger partial charge is 0.274 e. The first-order valence-electron chi connectivity index (χ1n) is 12.0. The minimum Gasteiger partial charge on any atom is -0.383 e. The van der Waals surface area contributed by atoms with Crippen LogP contribution in [-0.4, -0.2) is 25.8 Å². The maximum absolute atomic E-state index is 13.5. The lowest BCUT2D eigenvalue weighted by molar-refractivity contribution is 0.0946. The van der Waals surface area contributed by atoms with Gasteiger partial charge in [-0.15, -0.1) is 11.3 Å². The summed E-state index contributed by atoms with van der Waals surface area (Å²) in [5.41, 5.74) is 8.25. The number of hydrogen-bond donors (Lipinski definition) is 3. The van der Waals surface area contributed by atoms with E-state index in [4.69, 9.17) is 5.73 Å². The fourth-order valence-electron chi connectivity index (χ4n) is 3.60. The van der Waals surface area contributed by atoms with E-state index >= 15 is 0 Å². The summed E-state index contributed by atoms with van der Waals surface area (Å²) in [7, 11) is 0. The minimum atomic E-state index is -0.979. The Kier molecular flexibility index (Phi) is 9.10. The third-order valence-electron chi connectivity index (χ3n) is 5.44. The summed E-state index contributed by atoms with van der Waals surface area (Å²) in [6.07, 6.45) is 2.92. The number of aromatic nitrogens is 4. The molecular weight excluding hydrogens is 588 g/mol. The van der Waals surface area contributed by atoms with Gasteiger partial charge in [0.1, 0.15) is 16.7 Å². The number of hydrogen-bond acceptors (Lipinski definition) is 8. The van der Waals surface area contributed by atoms with E-state index in [2.05, 4.69) is 46.5 Å². The predicted molar refractivity (Wildman–Crippen MR) is 153 cm³/mol. The van der Waals surface area contributed by atoms with Crippen LogP contribution < -0.4 is 16.4 Å². The highest BCUT2D eigenvalue weighted by molar-refractivity contribution is 9.10. The fraction of sp³-hybridized carbons (Fsp3) is 0.148. The zero-order chi connectivity index (χ0) is 27.9. The quantitative estimate of drug-likeness (QED) is 0.196. The van der Waals surface area contributed by atoms with Gasteiger partial charge in [-0.25, -0.2) is 28.7 Å². The maximum atomic E-state index is 13.5. The summed E-state index contributed by atoms with van der Waals surface area (Å²) in [5, 5.41) is 6.61. The molecule has 5 rings (SSSR count). The molecule has 0 radical (unpaired) electrons. The molecule has 2 aromatic carbocycles. The number of thiophene rings is 1. The lowest BCUT2D eigenvalue weighted by Crippen LogP contribution is -2.25. The molecule has 0 aliphatic rings. The number of halogens is 3. The van der Waals surface area contributed by atoms with Crippen molar-refractivity contribution in [1.29, 1.82) is 0 Å². The Morgan fingerprint density at radius 2 is 1.82 bits per heavy atom. The van der Waals surface area contributed by atoms with Gasteiger partial charge in [0, 0.05) is 21.7 Å². The largest absolute Gasteiger partial charge is 0.383 e. The van der Waals surface area contributed by atoms with Gasteiger partial charge < -0.3 is 16.4 Å². The van der Waals surface area contributed by atoms with Gasteiger partial charge in [-0.05, 0) is 63.5 Å². The first-order valence-corrected chi connectivity index (χ1v) is 13.6. The average molecular weight is 613 g/mol. The molecule has 0 atom stereocenters. The Balaban J connectivity index is 0.00000172. The van der Waals surface area contributed by atoms with Crippen LogP contribution in [0.25, 0.3) is 21.3 Å². The van der Waals surface area contributed by atoms with Crippen molar-refractivity contribution in [3.8, 4) is 10.4 Å². The Morgan fingerprint density at radius 3 is 2.62 bits per heavy atom. The van der Waals surface area contributed by atoms with E-state index in [1.165, 1.54) is 18.6 Å². The van der Waals surface area contributed by atoms with Crippen molar-refractivity contribution in [1.82, 2.24) is 25.3 Å². The van der Waals surface area contributed by atoms with Crippen molar-refractivity contribution in [3.05, 3.63) is 93.4 Å². The maximum Gasteiger partial charge on any atom is 0.274 e. The first-order chi connectivity index (χ1) is 18.9. The van der Waals surface area contributed by atoms with Crippen molar-refractivity contribution >= 4 is 55.7 Å². The molecule has 0 aliphatic carbocycles. The van der Waals surface area contributed by atoms with Crippen LogP contribution in [0, 0.1) is 11.6 Å². The molecule has 0 unspecified atom stereocenters. The summed E-state index contributed by atoms with van der Waals surface area (Å²) in [5.74, 6) is -1.73. The number of nitrogens with one attached hydrogen (secondary N) is 2. The van der Waals surface area contributed by atoms with Gasteiger partial charge in [-0.1, -0.05) is 26.0 Å². The minimum absolute atomic E-state index is 0.000731. The third kappa shape index (κ3) is 6.70. The topological polar surface area (TPSA) is 119 Å². The molecule has 12 heteroatoms. The summed E-state index contributed by atoms with van der Waals surface area (Å²) in [4.78, 5) is 31.7. The van der Waals surface area contributed by atoms with Crippen molar-refractivity contribution in [2.45, 2.75) is 26.9 Å². The molecule has 0 bridgehead atoms. The molecule has 8 nitrogen and oxygen atoms in total. The molecule has 39 heavy (non-hydrogen) atoms. The number of carbonyl (C=O) groups excluding carboxylic acids is 1. The number of amides is 1. The summed E-state index contributed by atoms with van der Waals surface area (Å²) >= 11 is 4.82. The van der Waals surface area contributed by atoms with Crippen LogP contribution in [0.4, 0.5) is 20.4 Å². The van der Waals surface area contributed by atoms with Crippen LogP contribution in [0.3, 0.4) is 0 Å². The van der Waals surface area contributed by atoms with Gasteiger partial charge in [-0.3, -0.25) is 4.79 Å². The summed E-state index contributed by atoms with van der Waals surface area (Å²) in [6.45, 7) is 4.41. The van der Waals surface area contributed by atoms with Gasteiger partial charge >= 0.3 is 0 Å². The number of benzene rings is 2. The Bertz CT molecular complexity index is 1630. The second-order valence-corrected chi connectivity index (χ2v) is 9.91. The number of rotatable bonds is 7. The Morgan fingerprint density at radius 1 is 1.00 bits per heavy atom. The molecule has 5 aromatic rings. The third-order valence-corrected chi connectivity index (χ3v) is 6.95. The molecule has 1 amide bonds. The van der Waals surface area contributed by atoms with Crippen LogP contribution in [0.5, 0.6) is 0 Å². The lowest BCUT2D eigenvalue weighted by Gasteiger charge is -2.11. The second-order valence-electron chi connectivity index (χ2n) is 7.93. The number of fused-ring (bicyclic) bond motifs is 1. The van der Waals surface area contributed by atoms with Gasteiger partial charge in [0.2, 0.25) is 0 Å². The van der Waals surface area contributed by atoms with E-state index in [0.717, 1.165) is 38.4 Å². The van der Waals surface area contributed by atoms with Gasteiger partial charge in [0.15, 0.2) is 23.1 Å². The van der Waals surface area contributed by atoms with E-state index in [1.54, 1.807) is 11.3 Å². The van der Waals surface area contributed by atoms with Gasteiger partial charge in [0.25, 0.3) is 5.91 Å². The molecule has 0 saturated carbocycles. The molecule has 3 aromatic heterocycles. The van der Waals surface area contributed by atoms with E-state index in [-0.39, 0.29) is 18.1 Å². The first kappa shape index (κ1) is 28.0. The molecular formula is C27H24BrF2N7OS. The summed E-state index contributed by atoms with van der Waals surface area (Å²) < 4.78 is 27.0. The standard InChI is InChI=1S/C25H18BrF2N7OS.C2H6/c26-21-11-31-24(22(35-21)25(36)32-9-13-1-4-17(27)18(28)7-13)30-10-15-3-6-20(37-15)14-2-5-19-16(8-14)23(29)34-12-33-19;1-2/h1-8,11-12H,9-10H2,(H,30,31)(H,32,36)(H2,29,33,34);1-2H3. The van der Waals surface area contributed by atoms with Gasteiger partial charge in [0.05, 0.1) is 18.3 Å². The van der Waals surface area contributed by atoms with E-state index in [1.807, 2.05) is 44.2 Å². The number of anilines is 2. The SMILES string of the molecule is CC.Nc1ncnc2ccc(-c3ccc(CNc4ncc(Br)nc4C(=O)NCc4ccc(F)c(F)c4)s3)cc12. The zero-order valence-electron chi connectivity index (χ0n) is 21.0. The molecule has 3 heterocycles. The molecule has 0 aliphatic heterocycles. The number of nitrogens with two attached hydrogens (primary N) is 1. The Hall–Kier alpha value is -4.03. The van der Waals surface area contributed by atoms with E-state index in [9.17, 15) is 13.6 Å². The molecule has 200 valence electrons. The van der Waals surface area contributed by atoms with Gasteiger partial charge in [-0.2, -0.15) is 0 Å². The highest BCUT2D eigenvalue weighted by atomic mass is 79.9. The number of nitrogens with zero attached hydrogens (tertiary/aromatic N) is 4. The number of carbonyl (C=O) groups is 1. The monoisotopic (exact) mass is 611 g/mol. The average Bonchev–Trinajstić information content (AvgIpc) is 3.43. The highest BCUT2D eigenvalue weighted by Crippen LogP contribution is 2.31. The molecule has 0 saturated heterocycles. The normalized spacial score (nSPS) is 10.6. The number of nitrogen functional groups attached to an aromatic ring is 1. The van der Waals surface area contributed by atoms with Crippen LogP contribution >= 0.6 is 27.3 Å². The van der Waals surface area contributed by atoms with E-state index < -0.39 is 17.5 Å². The molecule has 0 fully saturated rings. The predicted octanol–water partition coefficient (Wildman–Crippen LogP) is 6.34. The van der Waals surface area contributed by atoms with Crippen LogP contribution in [0.1, 0.15) is 34.8 Å². The van der Waals surface area contributed by atoms with Crippen LogP contribution in [-0.2, 0) is 13.1 Å². The van der Waals surface area contributed by atoms with E-state index in [0.29, 0.717) is 22.5 Å². The van der Waals surface area contributed by atoms with Crippen molar-refractivity contribution in [3.63, 3.8) is 0 Å². The molecule has 4 N–H and O–H groups in total. The van der Waals surface area contributed by atoms with Crippen LogP contribution in [0.15, 0.2) is 65.7 Å². The fourth-order valence-corrected chi connectivity index (χ4v) is 4.82. The van der Waals surface area contributed by atoms with Crippen molar-refractivity contribution in [2.75, 3.05) is 11.1 Å². The highest BCUT2D eigenvalue weighted by Gasteiger charge is 2.16. The van der Waals surface area contributed by atoms with Crippen molar-refractivity contribution < 1.29 is 13.6 Å².